The second-order valence-corrected chi connectivity index (χ2v) is 7.64. The van der Waals surface area contributed by atoms with Gasteiger partial charge in [-0.25, -0.2) is 8.42 Å². The van der Waals surface area contributed by atoms with Gasteiger partial charge in [0.1, 0.15) is 11.0 Å². The molecule has 0 bridgehead atoms. The van der Waals surface area contributed by atoms with Gasteiger partial charge in [-0.2, -0.15) is 9.57 Å². The normalized spacial score (nSPS) is 18.3. The van der Waals surface area contributed by atoms with Crippen molar-refractivity contribution in [3.63, 3.8) is 0 Å². The largest absolute Gasteiger partial charge is 0.328 e. The van der Waals surface area contributed by atoms with Gasteiger partial charge in [0.15, 0.2) is 0 Å². The Labute approximate surface area is 142 Å². The molecule has 1 saturated heterocycles. The molecule has 1 aromatic rings. The second-order valence-electron chi connectivity index (χ2n) is 5.33. The molecule has 1 aliphatic rings. The molecular formula is C14H19Cl2N3O2S. The first-order valence-electron chi connectivity index (χ1n) is 6.82. The predicted octanol–water partition coefficient (Wildman–Crippen LogP) is 2.38. The number of nitrogens with zero attached hydrogens (tertiary/aromatic N) is 2. The summed E-state index contributed by atoms with van der Waals surface area (Å²) < 4.78 is 26.8. The molecule has 0 aliphatic carbocycles. The Morgan fingerprint density at radius 1 is 1.41 bits per heavy atom. The van der Waals surface area contributed by atoms with Crippen molar-refractivity contribution in [1.29, 1.82) is 5.26 Å². The fourth-order valence-corrected chi connectivity index (χ4v) is 4.52. The number of halogens is 2. The minimum absolute atomic E-state index is 0. The fourth-order valence-electron chi connectivity index (χ4n) is 2.61. The zero-order valence-electron chi connectivity index (χ0n) is 12.2. The van der Waals surface area contributed by atoms with E-state index < -0.39 is 10.0 Å². The van der Waals surface area contributed by atoms with E-state index in [0.29, 0.717) is 19.0 Å². The van der Waals surface area contributed by atoms with E-state index in [9.17, 15) is 8.42 Å². The van der Waals surface area contributed by atoms with Gasteiger partial charge < -0.3 is 5.73 Å². The summed E-state index contributed by atoms with van der Waals surface area (Å²) in [4.78, 5) is -0.0169. The lowest BCUT2D eigenvalue weighted by atomic mass is 9.92. The van der Waals surface area contributed by atoms with Crippen LogP contribution in [0, 0.1) is 17.2 Å². The average Bonchev–Trinajstić information content (AvgIpc) is 2.47. The molecular weight excluding hydrogens is 345 g/mol. The van der Waals surface area contributed by atoms with Crippen LogP contribution in [-0.4, -0.2) is 31.9 Å². The highest BCUT2D eigenvalue weighted by Crippen LogP contribution is 2.29. The van der Waals surface area contributed by atoms with E-state index in [1.165, 1.54) is 16.4 Å². The monoisotopic (exact) mass is 363 g/mol. The van der Waals surface area contributed by atoms with Crippen LogP contribution in [0.15, 0.2) is 23.1 Å². The molecule has 1 aliphatic heterocycles. The Hall–Kier alpha value is -0.840. The summed E-state index contributed by atoms with van der Waals surface area (Å²) in [6, 6.07) is 6.43. The van der Waals surface area contributed by atoms with Crippen molar-refractivity contribution in [3.05, 3.63) is 28.8 Å². The molecule has 0 amide bonds. The highest BCUT2D eigenvalue weighted by Gasteiger charge is 2.32. The summed E-state index contributed by atoms with van der Waals surface area (Å²) in [6.45, 7) is 2.79. The van der Waals surface area contributed by atoms with Gasteiger partial charge in [-0.3, -0.25) is 0 Å². The van der Waals surface area contributed by atoms with Crippen molar-refractivity contribution < 1.29 is 8.42 Å². The SMILES string of the molecule is CC(N)C1CCN(S(=O)(=O)c2cccc(Cl)c2C#N)CC1.Cl. The first-order chi connectivity index (χ1) is 9.87. The van der Waals surface area contributed by atoms with Crippen LogP contribution in [0.3, 0.4) is 0 Å². The summed E-state index contributed by atoms with van der Waals surface area (Å²) in [5.41, 5.74) is 5.88. The molecule has 5 nitrogen and oxygen atoms in total. The highest BCUT2D eigenvalue weighted by atomic mass is 35.5. The summed E-state index contributed by atoms with van der Waals surface area (Å²) in [5.74, 6) is 0.339. The van der Waals surface area contributed by atoms with Gasteiger partial charge in [0.2, 0.25) is 10.0 Å². The third-order valence-electron chi connectivity index (χ3n) is 3.95. The number of hydrogen-bond acceptors (Lipinski definition) is 4. The van der Waals surface area contributed by atoms with Crippen LogP contribution >= 0.6 is 24.0 Å². The Bertz CT molecular complexity index is 663. The molecule has 0 spiro atoms. The summed E-state index contributed by atoms with van der Waals surface area (Å²) in [6.07, 6.45) is 1.47. The van der Waals surface area contributed by atoms with Gasteiger partial charge in [-0.1, -0.05) is 17.7 Å². The minimum Gasteiger partial charge on any atom is -0.328 e. The number of nitrogens with two attached hydrogens (primary N) is 1. The molecule has 2 N–H and O–H groups in total. The predicted molar refractivity (Wildman–Crippen MR) is 88.5 cm³/mol. The molecule has 1 heterocycles. The number of piperidine rings is 1. The summed E-state index contributed by atoms with van der Waals surface area (Å²) >= 11 is 5.92. The maximum atomic E-state index is 12.7. The molecule has 8 heteroatoms. The fraction of sp³-hybridized carbons (Fsp3) is 0.500. The zero-order valence-corrected chi connectivity index (χ0v) is 14.6. The molecule has 1 atom stereocenters. The smallest absolute Gasteiger partial charge is 0.244 e. The van der Waals surface area contributed by atoms with E-state index in [-0.39, 0.29) is 33.9 Å². The third kappa shape index (κ3) is 3.73. The van der Waals surface area contributed by atoms with Crippen molar-refractivity contribution in [2.45, 2.75) is 30.7 Å². The molecule has 1 fully saturated rings. The Morgan fingerprint density at radius 2 is 2.00 bits per heavy atom. The first kappa shape index (κ1) is 19.2. The van der Waals surface area contributed by atoms with Crippen molar-refractivity contribution in [2.24, 2.45) is 11.7 Å². The van der Waals surface area contributed by atoms with E-state index in [1.54, 1.807) is 6.07 Å². The summed E-state index contributed by atoms with van der Waals surface area (Å²) in [5, 5.41) is 9.30. The number of benzene rings is 1. The quantitative estimate of drug-likeness (QED) is 0.892. The van der Waals surface area contributed by atoms with E-state index in [0.717, 1.165) is 12.8 Å². The van der Waals surface area contributed by atoms with Crippen molar-refractivity contribution in [1.82, 2.24) is 4.31 Å². The molecule has 2 rings (SSSR count). The number of rotatable bonds is 3. The Kier molecular flexibility index (Phi) is 6.65. The average molecular weight is 364 g/mol. The lowest BCUT2D eigenvalue weighted by Crippen LogP contribution is -2.42. The van der Waals surface area contributed by atoms with Crippen LogP contribution < -0.4 is 5.73 Å². The first-order valence-corrected chi connectivity index (χ1v) is 8.64. The lowest BCUT2D eigenvalue weighted by molar-refractivity contribution is 0.250. The van der Waals surface area contributed by atoms with Gasteiger partial charge in [0, 0.05) is 19.1 Å². The second kappa shape index (κ2) is 7.62. The molecule has 0 saturated carbocycles. The van der Waals surface area contributed by atoms with Crippen molar-refractivity contribution >= 4 is 34.0 Å². The van der Waals surface area contributed by atoms with Gasteiger partial charge in [0.25, 0.3) is 0 Å². The molecule has 1 unspecified atom stereocenters. The van der Waals surface area contributed by atoms with Crippen LogP contribution in [0.5, 0.6) is 0 Å². The highest BCUT2D eigenvalue weighted by molar-refractivity contribution is 7.89. The maximum Gasteiger partial charge on any atom is 0.244 e. The van der Waals surface area contributed by atoms with Crippen LogP contribution in [0.25, 0.3) is 0 Å². The van der Waals surface area contributed by atoms with Crippen LogP contribution in [-0.2, 0) is 10.0 Å². The topological polar surface area (TPSA) is 87.2 Å². The molecule has 22 heavy (non-hydrogen) atoms. The van der Waals surface area contributed by atoms with Crippen molar-refractivity contribution in [2.75, 3.05) is 13.1 Å². The van der Waals surface area contributed by atoms with Crippen molar-refractivity contribution in [3.8, 4) is 6.07 Å². The van der Waals surface area contributed by atoms with E-state index in [4.69, 9.17) is 22.6 Å². The minimum atomic E-state index is -3.69. The maximum absolute atomic E-state index is 12.7. The van der Waals surface area contributed by atoms with Gasteiger partial charge >= 0.3 is 0 Å². The molecule has 0 radical (unpaired) electrons. The lowest BCUT2D eigenvalue weighted by Gasteiger charge is -2.33. The molecule has 1 aromatic carbocycles. The van der Waals surface area contributed by atoms with Gasteiger partial charge in [-0.15, -0.1) is 12.4 Å². The zero-order chi connectivity index (χ0) is 15.6. The van der Waals surface area contributed by atoms with Gasteiger partial charge in [-0.05, 0) is 37.8 Å². The van der Waals surface area contributed by atoms with Crippen LogP contribution in [0.4, 0.5) is 0 Å². The van der Waals surface area contributed by atoms with E-state index in [2.05, 4.69) is 0 Å². The standard InChI is InChI=1S/C14H18ClN3O2S.ClH/c1-10(17)11-5-7-18(8-6-11)21(19,20)14-4-2-3-13(15)12(14)9-16;/h2-4,10-11H,5-8,17H2,1H3;1H. The van der Waals surface area contributed by atoms with E-state index >= 15 is 0 Å². The Balaban J connectivity index is 0.00000242. The van der Waals surface area contributed by atoms with Gasteiger partial charge in [0.05, 0.1) is 10.6 Å². The number of sulfonamides is 1. The van der Waals surface area contributed by atoms with Crippen LogP contribution in [0.1, 0.15) is 25.3 Å². The number of nitriles is 1. The number of hydrogen-bond donors (Lipinski definition) is 1. The van der Waals surface area contributed by atoms with Crippen LogP contribution in [0.2, 0.25) is 5.02 Å². The molecule has 122 valence electrons. The summed E-state index contributed by atoms with van der Waals surface area (Å²) in [7, 11) is -3.69. The third-order valence-corrected chi connectivity index (χ3v) is 6.20. The molecule has 0 aromatic heterocycles. The Morgan fingerprint density at radius 3 is 2.50 bits per heavy atom. The van der Waals surface area contributed by atoms with E-state index in [1.807, 2.05) is 13.0 Å².